The van der Waals surface area contributed by atoms with Gasteiger partial charge in [0.05, 0.1) is 29.1 Å². The fourth-order valence-electron chi connectivity index (χ4n) is 3.14. The van der Waals surface area contributed by atoms with E-state index >= 15 is 0 Å². The molecular formula is C18H25Cl3N4O3. The summed E-state index contributed by atoms with van der Waals surface area (Å²) in [5.74, 6) is 1.19. The van der Waals surface area contributed by atoms with Gasteiger partial charge in [0.1, 0.15) is 11.5 Å². The van der Waals surface area contributed by atoms with Gasteiger partial charge in [-0.1, -0.05) is 16.8 Å². The number of benzene rings is 1. The van der Waals surface area contributed by atoms with Crippen molar-refractivity contribution in [2.24, 2.45) is 0 Å². The first kappa shape index (κ1) is 24.4. The second-order valence-corrected chi connectivity index (χ2v) is 6.85. The number of piperazine rings is 1. The molecule has 156 valence electrons. The Bertz CT molecular complexity index is 801. The molecule has 2 N–H and O–H groups in total. The summed E-state index contributed by atoms with van der Waals surface area (Å²) in [6.45, 7) is 7.47. The number of nitrogen functional groups attached to an aromatic ring is 1. The third-order valence-corrected chi connectivity index (χ3v) is 5.10. The number of halogens is 3. The van der Waals surface area contributed by atoms with E-state index < -0.39 is 0 Å². The summed E-state index contributed by atoms with van der Waals surface area (Å²) in [6, 6.07) is 3.16. The van der Waals surface area contributed by atoms with Gasteiger partial charge in [-0.2, -0.15) is 0 Å². The summed E-state index contributed by atoms with van der Waals surface area (Å²) >= 11 is 6.08. The Hall–Kier alpha value is -1.67. The Morgan fingerprint density at radius 2 is 1.89 bits per heavy atom. The Labute approximate surface area is 181 Å². The van der Waals surface area contributed by atoms with Crippen LogP contribution in [0.25, 0.3) is 0 Å². The molecule has 0 atom stereocenters. The number of nitrogens with zero attached hydrogens (tertiary/aromatic N) is 3. The number of aromatic nitrogens is 1. The van der Waals surface area contributed by atoms with Crippen molar-refractivity contribution in [1.82, 2.24) is 15.0 Å². The quantitative estimate of drug-likeness (QED) is 0.718. The zero-order valence-corrected chi connectivity index (χ0v) is 18.4. The Balaban J connectivity index is 0.00000196. The second-order valence-electron chi connectivity index (χ2n) is 6.45. The van der Waals surface area contributed by atoms with Crippen LogP contribution >= 0.6 is 36.4 Å². The van der Waals surface area contributed by atoms with Crippen molar-refractivity contribution < 1.29 is 14.1 Å². The third-order valence-electron chi connectivity index (χ3n) is 4.77. The van der Waals surface area contributed by atoms with E-state index in [1.54, 1.807) is 12.1 Å². The van der Waals surface area contributed by atoms with Crippen molar-refractivity contribution in [3.05, 3.63) is 39.7 Å². The summed E-state index contributed by atoms with van der Waals surface area (Å²) in [6.07, 6.45) is 0. The minimum atomic E-state index is -0.0965. The predicted molar refractivity (Wildman–Crippen MR) is 114 cm³/mol. The van der Waals surface area contributed by atoms with Crippen molar-refractivity contribution in [3.8, 4) is 5.75 Å². The van der Waals surface area contributed by atoms with Gasteiger partial charge in [-0.05, 0) is 19.9 Å². The topological polar surface area (TPSA) is 84.8 Å². The zero-order valence-electron chi connectivity index (χ0n) is 16.0. The van der Waals surface area contributed by atoms with Crippen LogP contribution in [0.2, 0.25) is 5.02 Å². The van der Waals surface area contributed by atoms with Crippen LogP contribution in [-0.4, -0.2) is 54.2 Å². The minimum Gasteiger partial charge on any atom is -0.496 e. The van der Waals surface area contributed by atoms with E-state index in [0.717, 1.165) is 36.7 Å². The van der Waals surface area contributed by atoms with Crippen molar-refractivity contribution in [1.29, 1.82) is 0 Å². The molecule has 1 aromatic carbocycles. The fraction of sp³-hybridized carbons (Fsp3) is 0.444. The molecule has 0 unspecified atom stereocenters. The fourth-order valence-corrected chi connectivity index (χ4v) is 3.30. The molecule has 3 rings (SSSR count). The maximum Gasteiger partial charge on any atom is 0.257 e. The smallest absolute Gasteiger partial charge is 0.257 e. The van der Waals surface area contributed by atoms with E-state index in [0.29, 0.717) is 35.1 Å². The van der Waals surface area contributed by atoms with Crippen molar-refractivity contribution in [2.75, 3.05) is 39.0 Å². The highest BCUT2D eigenvalue weighted by Gasteiger charge is 2.26. The van der Waals surface area contributed by atoms with Gasteiger partial charge in [-0.25, -0.2) is 0 Å². The first-order valence-corrected chi connectivity index (χ1v) is 8.85. The Morgan fingerprint density at radius 3 is 2.43 bits per heavy atom. The molecule has 7 nitrogen and oxygen atoms in total. The van der Waals surface area contributed by atoms with Crippen molar-refractivity contribution >= 4 is 48.0 Å². The average molecular weight is 452 g/mol. The lowest BCUT2D eigenvalue weighted by Gasteiger charge is -2.35. The van der Waals surface area contributed by atoms with Crippen LogP contribution in [0.1, 0.15) is 27.4 Å². The van der Waals surface area contributed by atoms with Gasteiger partial charge >= 0.3 is 0 Å². The molecule has 0 spiro atoms. The lowest BCUT2D eigenvalue weighted by Crippen LogP contribution is -2.48. The number of anilines is 1. The highest BCUT2D eigenvalue weighted by atomic mass is 35.5. The molecule has 1 aliphatic heterocycles. The molecule has 1 fully saturated rings. The highest BCUT2D eigenvalue weighted by molar-refractivity contribution is 6.33. The van der Waals surface area contributed by atoms with E-state index in [-0.39, 0.29) is 30.7 Å². The van der Waals surface area contributed by atoms with E-state index in [4.69, 9.17) is 26.6 Å². The first-order chi connectivity index (χ1) is 12.4. The van der Waals surface area contributed by atoms with E-state index in [1.165, 1.54) is 7.11 Å². The van der Waals surface area contributed by atoms with Gasteiger partial charge < -0.3 is 19.9 Å². The van der Waals surface area contributed by atoms with Gasteiger partial charge in [0.25, 0.3) is 5.91 Å². The highest BCUT2D eigenvalue weighted by Crippen LogP contribution is 2.30. The number of ether oxygens (including phenoxy) is 1. The van der Waals surface area contributed by atoms with Crippen LogP contribution in [0.15, 0.2) is 16.7 Å². The van der Waals surface area contributed by atoms with Crippen molar-refractivity contribution in [2.45, 2.75) is 20.4 Å². The molecule has 1 aliphatic rings. The standard InChI is InChI=1S/C18H23ClN4O3.2ClH/c1-11-14(12(2)26-21-11)10-22-4-6-23(7-5-22)18(24)13-8-15(19)16(20)9-17(13)25-3;;/h8-9H,4-7,10,20H2,1-3H3;2*1H. The lowest BCUT2D eigenvalue weighted by atomic mass is 10.1. The van der Waals surface area contributed by atoms with Gasteiger partial charge in [0.2, 0.25) is 0 Å². The number of nitrogens with two attached hydrogens (primary N) is 1. The van der Waals surface area contributed by atoms with Gasteiger partial charge in [0, 0.05) is 44.4 Å². The summed E-state index contributed by atoms with van der Waals surface area (Å²) in [4.78, 5) is 17.0. The average Bonchev–Trinajstić information content (AvgIpc) is 2.95. The molecule has 2 heterocycles. The number of amides is 1. The Kier molecular flexibility index (Phi) is 8.88. The molecule has 0 aliphatic carbocycles. The molecule has 1 amide bonds. The largest absolute Gasteiger partial charge is 0.496 e. The normalized spacial score (nSPS) is 14.2. The molecule has 28 heavy (non-hydrogen) atoms. The lowest BCUT2D eigenvalue weighted by molar-refractivity contribution is 0.0624. The number of carbonyl (C=O) groups is 1. The van der Waals surface area contributed by atoms with Crippen LogP contribution in [0.5, 0.6) is 5.75 Å². The Morgan fingerprint density at radius 1 is 1.25 bits per heavy atom. The molecule has 10 heteroatoms. The zero-order chi connectivity index (χ0) is 18.8. The number of carbonyl (C=O) groups excluding carboxylic acids is 1. The molecular weight excluding hydrogens is 427 g/mol. The first-order valence-electron chi connectivity index (χ1n) is 8.47. The van der Waals surface area contributed by atoms with E-state index in [1.807, 2.05) is 18.7 Å². The third kappa shape index (κ3) is 5.03. The SMILES string of the molecule is COc1cc(N)c(Cl)cc1C(=O)N1CCN(Cc2c(C)noc2C)CC1.Cl.Cl. The molecule has 1 aromatic heterocycles. The molecule has 0 bridgehead atoms. The maximum atomic E-state index is 12.9. The molecule has 1 saturated heterocycles. The molecule has 0 radical (unpaired) electrons. The summed E-state index contributed by atoms with van der Waals surface area (Å²) < 4.78 is 10.5. The summed E-state index contributed by atoms with van der Waals surface area (Å²) in [5, 5.41) is 4.35. The number of hydrogen-bond donors (Lipinski definition) is 1. The summed E-state index contributed by atoms with van der Waals surface area (Å²) in [5.41, 5.74) is 8.66. The maximum absolute atomic E-state index is 12.9. The van der Waals surface area contributed by atoms with Crippen LogP contribution in [0, 0.1) is 13.8 Å². The minimum absolute atomic E-state index is 0. The van der Waals surface area contributed by atoms with Gasteiger partial charge in [-0.3, -0.25) is 9.69 Å². The van der Waals surface area contributed by atoms with Crippen LogP contribution < -0.4 is 10.5 Å². The number of methoxy groups -OCH3 is 1. The van der Waals surface area contributed by atoms with Crippen molar-refractivity contribution in [3.63, 3.8) is 0 Å². The number of aryl methyl sites for hydroxylation is 2. The molecule has 0 saturated carbocycles. The van der Waals surface area contributed by atoms with E-state index in [9.17, 15) is 4.79 Å². The van der Waals surface area contributed by atoms with Gasteiger partial charge in [-0.15, -0.1) is 24.8 Å². The van der Waals surface area contributed by atoms with E-state index in [2.05, 4.69) is 10.1 Å². The monoisotopic (exact) mass is 450 g/mol. The van der Waals surface area contributed by atoms with Crippen LogP contribution in [-0.2, 0) is 6.54 Å². The second kappa shape index (κ2) is 10.2. The predicted octanol–water partition coefficient (Wildman–Crippen LogP) is 3.34. The van der Waals surface area contributed by atoms with Crippen LogP contribution in [0.4, 0.5) is 5.69 Å². The van der Waals surface area contributed by atoms with Crippen LogP contribution in [0.3, 0.4) is 0 Å². The number of rotatable bonds is 4. The number of hydrogen-bond acceptors (Lipinski definition) is 6. The summed E-state index contributed by atoms with van der Waals surface area (Å²) in [7, 11) is 1.51. The molecule has 2 aromatic rings. The van der Waals surface area contributed by atoms with Gasteiger partial charge in [0.15, 0.2) is 0 Å².